The van der Waals surface area contributed by atoms with Crippen LogP contribution in [0.25, 0.3) is 10.8 Å². The van der Waals surface area contributed by atoms with Crippen LogP contribution in [0.5, 0.6) is 0 Å². The lowest BCUT2D eigenvalue weighted by atomic mass is 9.85. The molecule has 1 aromatic heterocycles. The molecule has 22 heavy (non-hydrogen) atoms. The van der Waals surface area contributed by atoms with Gasteiger partial charge in [-0.15, -0.1) is 5.10 Å². The number of fused-ring (bicyclic) bond motifs is 1. The first kappa shape index (κ1) is 13.4. The Bertz CT molecular complexity index is 747. The second-order valence-corrected chi connectivity index (χ2v) is 5.93. The quantitative estimate of drug-likeness (QED) is 0.806. The summed E-state index contributed by atoms with van der Waals surface area (Å²) in [6, 6.07) is 15.4. The van der Waals surface area contributed by atoms with Crippen LogP contribution in [0.3, 0.4) is 0 Å². The summed E-state index contributed by atoms with van der Waals surface area (Å²) in [6.45, 7) is 2.13. The molecule has 1 fully saturated rings. The van der Waals surface area contributed by atoms with Crippen molar-refractivity contribution in [3.63, 3.8) is 0 Å². The minimum Gasteiger partial charge on any atom is -0.317 e. The fourth-order valence-electron chi connectivity index (χ4n) is 3.49. The SMILES string of the molecule is c1ccc2cc(C(C3CCNCC3)n3cnnn3)ccc2c1. The Balaban J connectivity index is 1.78. The maximum Gasteiger partial charge on any atom is 0.138 e. The summed E-state index contributed by atoms with van der Waals surface area (Å²) in [5, 5.41) is 17.8. The van der Waals surface area contributed by atoms with E-state index in [9.17, 15) is 0 Å². The van der Waals surface area contributed by atoms with E-state index in [1.165, 1.54) is 16.3 Å². The summed E-state index contributed by atoms with van der Waals surface area (Å²) >= 11 is 0. The first-order valence-electron chi connectivity index (χ1n) is 7.84. The van der Waals surface area contributed by atoms with Crippen molar-refractivity contribution in [3.8, 4) is 0 Å². The average molecular weight is 293 g/mol. The molecule has 5 heteroatoms. The summed E-state index contributed by atoms with van der Waals surface area (Å²) in [4.78, 5) is 0. The second kappa shape index (κ2) is 5.85. The molecule has 0 bridgehead atoms. The van der Waals surface area contributed by atoms with Gasteiger partial charge in [0.05, 0.1) is 6.04 Å². The summed E-state index contributed by atoms with van der Waals surface area (Å²) in [5.41, 5.74) is 1.29. The Kier molecular flexibility index (Phi) is 3.56. The molecule has 1 aliphatic rings. The van der Waals surface area contributed by atoms with Gasteiger partial charge in [-0.1, -0.05) is 36.4 Å². The normalized spacial score (nSPS) is 17.6. The van der Waals surface area contributed by atoms with Gasteiger partial charge in [0.1, 0.15) is 6.33 Å². The fraction of sp³-hybridized carbons (Fsp3) is 0.353. The number of nitrogens with zero attached hydrogens (tertiary/aromatic N) is 4. The van der Waals surface area contributed by atoms with Crippen LogP contribution in [-0.4, -0.2) is 33.3 Å². The largest absolute Gasteiger partial charge is 0.317 e. The lowest BCUT2D eigenvalue weighted by Gasteiger charge is -2.30. The summed E-state index contributed by atoms with van der Waals surface area (Å²) in [5.74, 6) is 0.561. The van der Waals surface area contributed by atoms with E-state index in [4.69, 9.17) is 0 Å². The molecule has 1 aliphatic heterocycles. The third-order valence-corrected chi connectivity index (χ3v) is 4.60. The summed E-state index contributed by atoms with van der Waals surface area (Å²) < 4.78 is 1.92. The van der Waals surface area contributed by atoms with Crippen LogP contribution >= 0.6 is 0 Å². The lowest BCUT2D eigenvalue weighted by molar-refractivity contribution is 0.274. The molecule has 0 spiro atoms. The van der Waals surface area contributed by atoms with Gasteiger partial charge in [0.25, 0.3) is 0 Å². The third-order valence-electron chi connectivity index (χ3n) is 4.60. The van der Waals surface area contributed by atoms with Gasteiger partial charge >= 0.3 is 0 Å². The Labute approximate surface area is 129 Å². The highest BCUT2D eigenvalue weighted by Crippen LogP contribution is 2.33. The van der Waals surface area contributed by atoms with Crippen molar-refractivity contribution in [2.75, 3.05) is 13.1 Å². The van der Waals surface area contributed by atoms with Gasteiger partial charge in [0, 0.05) is 0 Å². The first-order valence-corrected chi connectivity index (χ1v) is 7.84. The maximum atomic E-state index is 4.18. The number of rotatable bonds is 3. The van der Waals surface area contributed by atoms with Crippen LogP contribution in [0, 0.1) is 5.92 Å². The van der Waals surface area contributed by atoms with Crippen LogP contribution in [0.1, 0.15) is 24.4 Å². The van der Waals surface area contributed by atoms with Crippen LogP contribution in [0.15, 0.2) is 48.8 Å². The molecule has 2 heterocycles. The van der Waals surface area contributed by atoms with Crippen molar-refractivity contribution in [1.29, 1.82) is 0 Å². The van der Waals surface area contributed by atoms with E-state index in [1.807, 2.05) is 4.68 Å². The standard InChI is InChI=1S/C17H19N5/c1-2-4-15-11-16(6-5-13(15)3-1)17(22-12-19-20-21-22)14-7-9-18-10-8-14/h1-6,11-12,14,17-18H,7-10H2. The zero-order valence-corrected chi connectivity index (χ0v) is 12.4. The topological polar surface area (TPSA) is 55.6 Å². The van der Waals surface area contributed by atoms with E-state index in [0.29, 0.717) is 5.92 Å². The van der Waals surface area contributed by atoms with Crippen LogP contribution in [0.4, 0.5) is 0 Å². The monoisotopic (exact) mass is 293 g/mol. The average Bonchev–Trinajstić information content (AvgIpc) is 3.10. The van der Waals surface area contributed by atoms with Gasteiger partial charge in [0.2, 0.25) is 0 Å². The number of hydrogen-bond acceptors (Lipinski definition) is 4. The molecule has 1 N–H and O–H groups in total. The third kappa shape index (κ3) is 2.48. The van der Waals surface area contributed by atoms with Crippen molar-refractivity contribution in [2.24, 2.45) is 5.92 Å². The Morgan fingerprint density at radius 3 is 2.64 bits per heavy atom. The minimum atomic E-state index is 0.210. The van der Waals surface area contributed by atoms with E-state index in [1.54, 1.807) is 6.33 Å². The number of benzene rings is 2. The summed E-state index contributed by atoms with van der Waals surface area (Å²) in [7, 11) is 0. The van der Waals surface area contributed by atoms with E-state index in [-0.39, 0.29) is 6.04 Å². The van der Waals surface area contributed by atoms with Gasteiger partial charge in [-0.3, -0.25) is 0 Å². The molecule has 1 saturated heterocycles. The van der Waals surface area contributed by atoms with Gasteiger partial charge in [-0.2, -0.15) is 0 Å². The number of nitrogens with one attached hydrogen (secondary N) is 1. The highest BCUT2D eigenvalue weighted by atomic mass is 15.5. The van der Waals surface area contributed by atoms with Gasteiger partial charge in [-0.25, -0.2) is 4.68 Å². The van der Waals surface area contributed by atoms with Crippen LogP contribution in [0.2, 0.25) is 0 Å². The van der Waals surface area contributed by atoms with Crippen molar-refractivity contribution in [2.45, 2.75) is 18.9 Å². The molecule has 2 aromatic carbocycles. The van der Waals surface area contributed by atoms with Crippen molar-refractivity contribution in [1.82, 2.24) is 25.5 Å². The number of hydrogen-bond donors (Lipinski definition) is 1. The zero-order chi connectivity index (χ0) is 14.8. The second-order valence-electron chi connectivity index (χ2n) is 5.93. The number of piperidine rings is 1. The van der Waals surface area contributed by atoms with E-state index in [2.05, 4.69) is 63.3 Å². The smallest absolute Gasteiger partial charge is 0.138 e. The molecular formula is C17H19N5. The Morgan fingerprint density at radius 1 is 1.05 bits per heavy atom. The maximum absolute atomic E-state index is 4.18. The molecule has 3 aromatic rings. The molecule has 4 rings (SSSR count). The van der Waals surface area contributed by atoms with E-state index < -0.39 is 0 Å². The predicted molar refractivity (Wildman–Crippen MR) is 85.5 cm³/mol. The molecule has 0 radical (unpaired) electrons. The van der Waals surface area contributed by atoms with Crippen molar-refractivity contribution in [3.05, 3.63) is 54.4 Å². The predicted octanol–water partition coefficient (Wildman–Crippen LogP) is 2.42. The fourth-order valence-corrected chi connectivity index (χ4v) is 3.49. The zero-order valence-electron chi connectivity index (χ0n) is 12.4. The molecular weight excluding hydrogens is 274 g/mol. The number of aromatic nitrogens is 4. The minimum absolute atomic E-state index is 0.210. The molecule has 0 amide bonds. The Hall–Kier alpha value is -2.27. The van der Waals surface area contributed by atoms with Crippen LogP contribution < -0.4 is 5.32 Å². The molecule has 112 valence electrons. The summed E-state index contributed by atoms with van der Waals surface area (Å²) in [6.07, 6.45) is 4.04. The molecule has 0 aliphatic carbocycles. The van der Waals surface area contributed by atoms with Crippen molar-refractivity contribution >= 4 is 10.8 Å². The van der Waals surface area contributed by atoms with Gasteiger partial charge in [0.15, 0.2) is 0 Å². The van der Waals surface area contributed by atoms with Gasteiger partial charge < -0.3 is 5.32 Å². The van der Waals surface area contributed by atoms with Gasteiger partial charge in [-0.05, 0) is 64.7 Å². The highest BCUT2D eigenvalue weighted by Gasteiger charge is 2.27. The molecule has 5 nitrogen and oxygen atoms in total. The lowest BCUT2D eigenvalue weighted by Crippen LogP contribution is -2.33. The van der Waals surface area contributed by atoms with E-state index in [0.717, 1.165) is 25.9 Å². The first-order chi connectivity index (χ1) is 10.9. The molecule has 1 unspecified atom stereocenters. The number of tetrazole rings is 1. The molecule has 1 atom stereocenters. The Morgan fingerprint density at radius 2 is 1.86 bits per heavy atom. The van der Waals surface area contributed by atoms with E-state index >= 15 is 0 Å². The van der Waals surface area contributed by atoms with Crippen molar-refractivity contribution < 1.29 is 0 Å². The molecule has 0 saturated carbocycles. The highest BCUT2D eigenvalue weighted by molar-refractivity contribution is 5.83. The van der Waals surface area contributed by atoms with Crippen LogP contribution in [-0.2, 0) is 0 Å².